The zero-order valence-corrected chi connectivity index (χ0v) is 17.1. The maximum Gasteiger partial charge on any atom is 0.0713 e. The van der Waals surface area contributed by atoms with Crippen molar-refractivity contribution in [2.75, 3.05) is 0 Å². The fourth-order valence-corrected chi connectivity index (χ4v) is 5.17. The first-order chi connectivity index (χ1) is 15.4. The van der Waals surface area contributed by atoms with Crippen LogP contribution in [-0.2, 0) is 5.41 Å². The maximum atomic E-state index is 4.20. The van der Waals surface area contributed by atoms with Gasteiger partial charge >= 0.3 is 0 Å². The van der Waals surface area contributed by atoms with Crippen molar-refractivity contribution in [3.63, 3.8) is 0 Å². The van der Waals surface area contributed by atoms with Gasteiger partial charge in [-0.25, -0.2) is 0 Å². The molecule has 1 heteroatoms. The largest absolute Gasteiger partial charge is 0.265 e. The summed E-state index contributed by atoms with van der Waals surface area (Å²) in [4.78, 5) is 4.20. The zero-order valence-electron chi connectivity index (χ0n) is 17.1. The van der Waals surface area contributed by atoms with E-state index in [0.717, 1.165) is 0 Å². The Morgan fingerprint density at radius 3 is 1.71 bits per heavy atom. The Labute approximate surface area is 182 Å². The van der Waals surface area contributed by atoms with E-state index in [1.54, 1.807) is 0 Å². The predicted octanol–water partition coefficient (Wildman–Crippen LogP) is 7.11. The number of pyridine rings is 1. The van der Waals surface area contributed by atoms with Crippen molar-refractivity contribution in [3.05, 3.63) is 150 Å². The molecular formula is C30H21N. The van der Waals surface area contributed by atoms with E-state index in [1.165, 1.54) is 44.5 Å². The second-order valence-corrected chi connectivity index (χ2v) is 8.02. The Hall–Kier alpha value is -3.97. The van der Waals surface area contributed by atoms with Crippen LogP contribution in [0.2, 0.25) is 0 Å². The third kappa shape index (κ3) is 2.60. The monoisotopic (exact) mass is 395 g/mol. The molecule has 1 nitrogen and oxygen atoms in total. The SMILES string of the molecule is c1ccc(C2(c3ccccc3)c3ccccc3-c3ccc(-c4ccncc4)cc32)cc1. The summed E-state index contributed by atoms with van der Waals surface area (Å²) in [6, 6.07) is 41.7. The van der Waals surface area contributed by atoms with Crippen molar-refractivity contribution in [1.29, 1.82) is 0 Å². The lowest BCUT2D eigenvalue weighted by molar-refractivity contribution is 0.769. The van der Waals surface area contributed by atoms with Gasteiger partial charge in [-0.3, -0.25) is 4.98 Å². The predicted molar refractivity (Wildman–Crippen MR) is 127 cm³/mol. The van der Waals surface area contributed by atoms with Crippen molar-refractivity contribution in [2.45, 2.75) is 5.41 Å². The van der Waals surface area contributed by atoms with E-state index in [9.17, 15) is 0 Å². The lowest BCUT2D eigenvalue weighted by Crippen LogP contribution is -2.28. The third-order valence-electron chi connectivity index (χ3n) is 6.47. The summed E-state index contributed by atoms with van der Waals surface area (Å²) < 4.78 is 0. The molecule has 0 amide bonds. The number of hydrogen-bond acceptors (Lipinski definition) is 1. The number of nitrogens with zero attached hydrogens (tertiary/aromatic N) is 1. The molecule has 0 saturated heterocycles. The topological polar surface area (TPSA) is 12.9 Å². The highest BCUT2D eigenvalue weighted by atomic mass is 14.6. The van der Waals surface area contributed by atoms with Crippen LogP contribution in [0.5, 0.6) is 0 Å². The number of aromatic nitrogens is 1. The van der Waals surface area contributed by atoms with E-state index in [4.69, 9.17) is 0 Å². The van der Waals surface area contributed by atoms with Crippen molar-refractivity contribution in [3.8, 4) is 22.3 Å². The van der Waals surface area contributed by atoms with Gasteiger partial charge in [0, 0.05) is 12.4 Å². The van der Waals surface area contributed by atoms with E-state index in [0.29, 0.717) is 0 Å². The Kier molecular flexibility index (Phi) is 4.07. The number of benzene rings is 4. The highest BCUT2D eigenvalue weighted by Crippen LogP contribution is 2.56. The highest BCUT2D eigenvalue weighted by molar-refractivity contribution is 5.88. The van der Waals surface area contributed by atoms with Crippen LogP contribution in [0, 0.1) is 0 Å². The second kappa shape index (κ2) is 7.07. The van der Waals surface area contributed by atoms with Gasteiger partial charge in [-0.2, -0.15) is 0 Å². The molecule has 0 N–H and O–H groups in total. The van der Waals surface area contributed by atoms with Crippen LogP contribution in [-0.4, -0.2) is 4.98 Å². The standard InChI is InChI=1S/C30H21N/c1-3-9-24(10-4-1)30(25-11-5-2-6-12-25)28-14-8-7-13-26(28)27-16-15-23(21-29(27)30)22-17-19-31-20-18-22/h1-21H. The molecule has 0 fully saturated rings. The molecule has 146 valence electrons. The van der Waals surface area contributed by atoms with E-state index in [1.807, 2.05) is 12.4 Å². The molecule has 0 unspecified atom stereocenters. The molecule has 31 heavy (non-hydrogen) atoms. The van der Waals surface area contributed by atoms with Gasteiger partial charge in [0.1, 0.15) is 0 Å². The van der Waals surface area contributed by atoms with Crippen LogP contribution in [0.4, 0.5) is 0 Å². The van der Waals surface area contributed by atoms with Crippen LogP contribution < -0.4 is 0 Å². The maximum absolute atomic E-state index is 4.20. The molecule has 0 radical (unpaired) electrons. The van der Waals surface area contributed by atoms with E-state index in [2.05, 4.69) is 120 Å². The summed E-state index contributed by atoms with van der Waals surface area (Å²) in [6.45, 7) is 0. The van der Waals surface area contributed by atoms with Gasteiger partial charge in [-0.1, -0.05) is 97.1 Å². The fourth-order valence-electron chi connectivity index (χ4n) is 5.17. The summed E-state index contributed by atoms with van der Waals surface area (Å²) in [6.07, 6.45) is 3.72. The molecule has 1 aliphatic rings. The van der Waals surface area contributed by atoms with E-state index in [-0.39, 0.29) is 5.41 Å². The molecule has 0 spiro atoms. The Morgan fingerprint density at radius 1 is 0.452 bits per heavy atom. The lowest BCUT2D eigenvalue weighted by Gasteiger charge is -2.34. The first-order valence-corrected chi connectivity index (χ1v) is 10.6. The molecule has 6 rings (SSSR count). The molecule has 1 aromatic heterocycles. The molecular weight excluding hydrogens is 374 g/mol. The minimum atomic E-state index is -0.350. The molecule has 4 aromatic carbocycles. The van der Waals surface area contributed by atoms with Gasteiger partial charge in [0.25, 0.3) is 0 Å². The van der Waals surface area contributed by atoms with Gasteiger partial charge in [0.05, 0.1) is 5.41 Å². The van der Waals surface area contributed by atoms with Gasteiger partial charge in [-0.05, 0) is 62.7 Å². The lowest BCUT2D eigenvalue weighted by atomic mass is 9.67. The molecule has 0 aliphatic heterocycles. The average Bonchev–Trinajstić information content (AvgIpc) is 3.16. The molecule has 1 aliphatic carbocycles. The average molecular weight is 396 g/mol. The fraction of sp³-hybridized carbons (Fsp3) is 0.0333. The summed E-state index contributed by atoms with van der Waals surface area (Å²) in [7, 11) is 0. The summed E-state index contributed by atoms with van der Waals surface area (Å²) in [5, 5.41) is 0. The summed E-state index contributed by atoms with van der Waals surface area (Å²) >= 11 is 0. The van der Waals surface area contributed by atoms with Crippen molar-refractivity contribution in [2.24, 2.45) is 0 Å². The number of hydrogen-bond donors (Lipinski definition) is 0. The van der Waals surface area contributed by atoms with Crippen molar-refractivity contribution in [1.82, 2.24) is 4.98 Å². The number of fused-ring (bicyclic) bond motifs is 3. The van der Waals surface area contributed by atoms with Crippen LogP contribution in [0.15, 0.2) is 128 Å². The molecule has 0 saturated carbocycles. The quantitative estimate of drug-likeness (QED) is 0.311. The normalized spacial score (nSPS) is 13.4. The van der Waals surface area contributed by atoms with Gasteiger partial charge < -0.3 is 0 Å². The van der Waals surface area contributed by atoms with Crippen molar-refractivity contribution < 1.29 is 0 Å². The van der Waals surface area contributed by atoms with Gasteiger partial charge in [-0.15, -0.1) is 0 Å². The van der Waals surface area contributed by atoms with Crippen molar-refractivity contribution >= 4 is 0 Å². The van der Waals surface area contributed by atoms with Gasteiger partial charge in [0.15, 0.2) is 0 Å². The van der Waals surface area contributed by atoms with Crippen LogP contribution >= 0.6 is 0 Å². The Bertz CT molecular complexity index is 1320. The van der Waals surface area contributed by atoms with E-state index >= 15 is 0 Å². The minimum absolute atomic E-state index is 0.350. The molecule has 1 heterocycles. The Balaban J connectivity index is 1.74. The second-order valence-electron chi connectivity index (χ2n) is 8.02. The molecule has 5 aromatic rings. The van der Waals surface area contributed by atoms with Crippen LogP contribution in [0.1, 0.15) is 22.3 Å². The van der Waals surface area contributed by atoms with E-state index < -0.39 is 0 Å². The smallest absolute Gasteiger partial charge is 0.0713 e. The van der Waals surface area contributed by atoms with Crippen LogP contribution in [0.3, 0.4) is 0 Å². The number of rotatable bonds is 3. The van der Waals surface area contributed by atoms with Gasteiger partial charge in [0.2, 0.25) is 0 Å². The summed E-state index contributed by atoms with van der Waals surface area (Å²) in [5.41, 5.74) is 9.92. The molecule has 0 atom stereocenters. The zero-order chi connectivity index (χ0) is 20.7. The Morgan fingerprint density at radius 2 is 1.03 bits per heavy atom. The first kappa shape index (κ1) is 17.9. The first-order valence-electron chi connectivity index (χ1n) is 10.6. The summed E-state index contributed by atoms with van der Waals surface area (Å²) in [5.74, 6) is 0. The highest BCUT2D eigenvalue weighted by Gasteiger charge is 2.45. The van der Waals surface area contributed by atoms with Crippen LogP contribution in [0.25, 0.3) is 22.3 Å². The third-order valence-corrected chi connectivity index (χ3v) is 6.47. The molecule has 0 bridgehead atoms. The minimum Gasteiger partial charge on any atom is -0.265 e.